The summed E-state index contributed by atoms with van der Waals surface area (Å²) in [5.74, 6) is -1.48. The van der Waals surface area contributed by atoms with E-state index < -0.39 is 5.92 Å². The second kappa shape index (κ2) is 2.41. The number of rotatable bonds is 1. The van der Waals surface area contributed by atoms with E-state index in [1.54, 1.807) is 0 Å². The second-order valence-electron chi connectivity index (χ2n) is 3.78. The Kier molecular flexibility index (Phi) is 1.63. The fourth-order valence-electron chi connectivity index (χ4n) is 2.12. The Morgan fingerprint density at radius 3 is 2.36 bits per heavy atom. The highest BCUT2D eigenvalue weighted by Crippen LogP contribution is 2.47. The molecule has 1 atom stereocenters. The van der Waals surface area contributed by atoms with Gasteiger partial charge in [-0.05, 0) is 31.3 Å². The molecule has 0 radical (unpaired) electrons. The van der Waals surface area contributed by atoms with Crippen molar-refractivity contribution in [1.29, 1.82) is 0 Å². The Morgan fingerprint density at radius 2 is 1.91 bits per heavy atom. The van der Waals surface area contributed by atoms with Gasteiger partial charge in [-0.1, -0.05) is 0 Å². The van der Waals surface area contributed by atoms with Gasteiger partial charge in [-0.25, -0.2) is 8.78 Å². The quantitative estimate of drug-likeness (QED) is 0.616. The fraction of sp³-hybridized carbons (Fsp3) is 1.00. The number of hydrogen-bond acceptors (Lipinski definition) is 1. The highest BCUT2D eigenvalue weighted by molar-refractivity contribution is 4.92. The van der Waals surface area contributed by atoms with Crippen molar-refractivity contribution in [1.82, 2.24) is 5.32 Å². The third-order valence-electron chi connectivity index (χ3n) is 2.89. The number of alkyl halides is 2. The zero-order chi connectivity index (χ0) is 7.90. The summed E-state index contributed by atoms with van der Waals surface area (Å²) in [6, 6.07) is 0. The van der Waals surface area contributed by atoms with Crippen LogP contribution in [0.2, 0.25) is 0 Å². The second-order valence-corrected chi connectivity index (χ2v) is 3.78. The van der Waals surface area contributed by atoms with Crippen LogP contribution in [-0.2, 0) is 0 Å². The van der Waals surface area contributed by atoms with E-state index in [1.807, 2.05) is 0 Å². The molecule has 0 amide bonds. The number of nitrogens with one attached hydrogen (secondary N) is 1. The molecule has 1 N–H and O–H groups in total. The first kappa shape index (κ1) is 7.47. The van der Waals surface area contributed by atoms with Crippen molar-refractivity contribution in [3.8, 4) is 0 Å². The molecule has 1 saturated carbocycles. The molecule has 0 aromatic carbocycles. The largest absolute Gasteiger partial charge is 0.316 e. The first-order valence-corrected chi connectivity index (χ1v) is 4.26. The summed E-state index contributed by atoms with van der Waals surface area (Å²) in [6.07, 6.45) is 1.37. The lowest BCUT2D eigenvalue weighted by Crippen LogP contribution is -2.40. The highest BCUT2D eigenvalue weighted by Gasteiger charge is 2.48. The normalized spacial score (nSPS) is 37.1. The third kappa shape index (κ3) is 1.39. The Balaban J connectivity index is 1.81. The maximum absolute atomic E-state index is 12.4. The van der Waals surface area contributed by atoms with Gasteiger partial charge in [-0.15, -0.1) is 0 Å². The van der Waals surface area contributed by atoms with E-state index in [4.69, 9.17) is 0 Å². The minimum atomic E-state index is -2.33. The van der Waals surface area contributed by atoms with Gasteiger partial charge < -0.3 is 5.32 Å². The summed E-state index contributed by atoms with van der Waals surface area (Å²) in [4.78, 5) is 0. The Labute approximate surface area is 65.2 Å². The summed E-state index contributed by atoms with van der Waals surface area (Å²) in [5, 5.41) is 3.20. The van der Waals surface area contributed by atoms with Crippen LogP contribution in [0.3, 0.4) is 0 Å². The van der Waals surface area contributed by atoms with Crippen molar-refractivity contribution in [2.24, 2.45) is 11.8 Å². The van der Waals surface area contributed by atoms with Gasteiger partial charge in [0.05, 0.1) is 0 Å². The van der Waals surface area contributed by atoms with Gasteiger partial charge >= 0.3 is 0 Å². The summed E-state index contributed by atoms with van der Waals surface area (Å²) in [7, 11) is 0. The summed E-state index contributed by atoms with van der Waals surface area (Å²) in [6.45, 7) is 1.98. The molecule has 0 aromatic rings. The van der Waals surface area contributed by atoms with E-state index in [9.17, 15) is 8.78 Å². The molecule has 1 aliphatic heterocycles. The molecule has 1 saturated heterocycles. The maximum atomic E-state index is 12.4. The molecule has 1 nitrogen and oxygen atoms in total. The monoisotopic (exact) mass is 161 g/mol. The van der Waals surface area contributed by atoms with Crippen LogP contribution in [0.25, 0.3) is 0 Å². The van der Waals surface area contributed by atoms with Crippen LogP contribution in [0, 0.1) is 11.8 Å². The van der Waals surface area contributed by atoms with Crippen LogP contribution in [0.15, 0.2) is 0 Å². The predicted octanol–water partition coefficient (Wildman–Crippen LogP) is 1.64. The molecular weight excluding hydrogens is 148 g/mol. The molecule has 1 heterocycles. The molecular formula is C8H13F2N. The lowest BCUT2D eigenvalue weighted by molar-refractivity contribution is -0.123. The highest BCUT2D eigenvalue weighted by atomic mass is 19.3. The van der Waals surface area contributed by atoms with Gasteiger partial charge in [0.25, 0.3) is 0 Å². The first-order chi connectivity index (χ1) is 5.17. The van der Waals surface area contributed by atoms with E-state index in [0.29, 0.717) is 11.8 Å². The molecule has 1 aliphatic carbocycles. The molecule has 1 unspecified atom stereocenters. The lowest BCUT2D eigenvalue weighted by Gasteiger charge is -2.38. The molecule has 2 fully saturated rings. The van der Waals surface area contributed by atoms with Gasteiger partial charge in [0.2, 0.25) is 5.92 Å². The number of hydrogen-bond donors (Lipinski definition) is 1. The summed E-state index contributed by atoms with van der Waals surface area (Å²) < 4.78 is 24.8. The van der Waals surface area contributed by atoms with Crippen molar-refractivity contribution in [3.63, 3.8) is 0 Å². The fourth-order valence-corrected chi connectivity index (χ4v) is 2.12. The minimum Gasteiger partial charge on any atom is -0.316 e. The molecule has 64 valence electrons. The van der Waals surface area contributed by atoms with Gasteiger partial charge in [0, 0.05) is 12.8 Å². The van der Waals surface area contributed by atoms with Crippen LogP contribution < -0.4 is 5.32 Å². The van der Waals surface area contributed by atoms with Crippen molar-refractivity contribution in [2.45, 2.75) is 25.2 Å². The Hall–Kier alpha value is -0.180. The van der Waals surface area contributed by atoms with Crippen LogP contribution in [0.4, 0.5) is 8.78 Å². The zero-order valence-electron chi connectivity index (χ0n) is 6.45. The van der Waals surface area contributed by atoms with E-state index >= 15 is 0 Å². The first-order valence-electron chi connectivity index (χ1n) is 4.26. The summed E-state index contributed by atoms with van der Waals surface area (Å²) >= 11 is 0. The van der Waals surface area contributed by atoms with Gasteiger partial charge in [-0.3, -0.25) is 0 Å². The van der Waals surface area contributed by atoms with Crippen LogP contribution in [0.5, 0.6) is 0 Å². The van der Waals surface area contributed by atoms with Gasteiger partial charge in [-0.2, -0.15) is 0 Å². The average molecular weight is 161 g/mol. The summed E-state index contributed by atoms with van der Waals surface area (Å²) in [5.41, 5.74) is 0. The molecule has 0 spiro atoms. The standard InChI is InChI=1S/C8H13F2N/c9-8(10)3-7(4-8)6-1-2-11-5-6/h6-7,11H,1-5H2. The van der Waals surface area contributed by atoms with Crippen LogP contribution >= 0.6 is 0 Å². The van der Waals surface area contributed by atoms with Gasteiger partial charge in [0.1, 0.15) is 0 Å². The van der Waals surface area contributed by atoms with E-state index in [2.05, 4.69) is 5.32 Å². The van der Waals surface area contributed by atoms with Crippen molar-refractivity contribution in [2.75, 3.05) is 13.1 Å². The molecule has 2 rings (SSSR count). The molecule has 2 aliphatic rings. The van der Waals surface area contributed by atoms with Crippen molar-refractivity contribution < 1.29 is 8.78 Å². The van der Waals surface area contributed by atoms with E-state index in [-0.39, 0.29) is 12.8 Å². The predicted molar refractivity (Wildman–Crippen MR) is 38.6 cm³/mol. The minimum absolute atomic E-state index is 0.138. The van der Waals surface area contributed by atoms with E-state index in [1.165, 1.54) is 0 Å². The van der Waals surface area contributed by atoms with Crippen LogP contribution in [0.1, 0.15) is 19.3 Å². The molecule has 0 aromatic heterocycles. The topological polar surface area (TPSA) is 12.0 Å². The van der Waals surface area contributed by atoms with Crippen LogP contribution in [-0.4, -0.2) is 19.0 Å². The molecule has 11 heavy (non-hydrogen) atoms. The zero-order valence-corrected chi connectivity index (χ0v) is 6.45. The van der Waals surface area contributed by atoms with Crippen molar-refractivity contribution >= 4 is 0 Å². The van der Waals surface area contributed by atoms with Crippen molar-refractivity contribution in [3.05, 3.63) is 0 Å². The Morgan fingerprint density at radius 1 is 1.18 bits per heavy atom. The Bertz CT molecular complexity index is 144. The smallest absolute Gasteiger partial charge is 0.248 e. The average Bonchev–Trinajstić information content (AvgIpc) is 2.32. The molecule has 0 bridgehead atoms. The third-order valence-corrected chi connectivity index (χ3v) is 2.89. The molecule has 3 heteroatoms. The lowest BCUT2D eigenvalue weighted by atomic mass is 9.73. The number of halogens is 2. The van der Waals surface area contributed by atoms with E-state index in [0.717, 1.165) is 19.5 Å². The van der Waals surface area contributed by atoms with Gasteiger partial charge in [0.15, 0.2) is 0 Å². The SMILES string of the molecule is FC1(F)CC(C2CCNC2)C1. The maximum Gasteiger partial charge on any atom is 0.248 e.